The van der Waals surface area contributed by atoms with Gasteiger partial charge in [0.2, 0.25) is 11.8 Å². The van der Waals surface area contributed by atoms with Crippen molar-refractivity contribution in [2.75, 3.05) is 13.1 Å². The second kappa shape index (κ2) is 11.0. The Kier molecular flexibility index (Phi) is 7.81. The lowest BCUT2D eigenvalue weighted by Gasteiger charge is -2.36. The van der Waals surface area contributed by atoms with Crippen molar-refractivity contribution in [2.45, 2.75) is 64.0 Å². The van der Waals surface area contributed by atoms with E-state index in [1.165, 1.54) is 0 Å². The van der Waals surface area contributed by atoms with Crippen LogP contribution in [0.5, 0.6) is 0 Å². The van der Waals surface area contributed by atoms with Crippen LogP contribution in [0.2, 0.25) is 0 Å². The molecule has 2 fully saturated rings. The molecule has 0 radical (unpaired) electrons. The van der Waals surface area contributed by atoms with Crippen LogP contribution in [0.3, 0.4) is 0 Å². The van der Waals surface area contributed by atoms with Crippen LogP contribution in [0.1, 0.15) is 59.3 Å². The fourth-order valence-electron chi connectivity index (χ4n) is 4.94. The van der Waals surface area contributed by atoms with Gasteiger partial charge in [0.05, 0.1) is 12.3 Å². The van der Waals surface area contributed by atoms with E-state index < -0.39 is 0 Å². The minimum Gasteiger partial charge on any atom is -0.351 e. The zero-order valence-electron chi connectivity index (χ0n) is 19.2. The standard InChI is InChI=1S/C26H33N3O3S/c1-18-8-2-3-11-21(18)26(32)28-23-13-5-4-12-22(23)27-25(31)19-9-6-14-29(17-19)24(30)16-20-10-7-15-33-20/h2-3,7-8,10-11,15,19,22-23H,4-6,9,12-14,16-17H2,1H3,(H,27,31)(H,28,32)/t19?,22?,23-/m1/s1. The molecule has 1 aliphatic heterocycles. The highest BCUT2D eigenvalue weighted by Crippen LogP contribution is 2.23. The van der Waals surface area contributed by atoms with E-state index in [0.717, 1.165) is 49.0 Å². The highest BCUT2D eigenvalue weighted by Gasteiger charge is 2.33. The molecule has 2 N–H and O–H groups in total. The first kappa shape index (κ1) is 23.5. The number of amides is 3. The monoisotopic (exact) mass is 467 g/mol. The summed E-state index contributed by atoms with van der Waals surface area (Å²) >= 11 is 1.59. The molecule has 1 aromatic heterocycles. The van der Waals surface area contributed by atoms with Gasteiger partial charge in [0.15, 0.2) is 0 Å². The molecule has 3 amide bonds. The van der Waals surface area contributed by atoms with Crippen molar-refractivity contribution in [1.29, 1.82) is 0 Å². The number of aryl methyl sites for hydroxylation is 1. The summed E-state index contributed by atoms with van der Waals surface area (Å²) in [6.45, 7) is 3.12. The van der Waals surface area contributed by atoms with Gasteiger partial charge in [-0.15, -0.1) is 11.3 Å². The number of thiophene rings is 1. The number of carbonyl (C=O) groups is 3. The third-order valence-electron chi connectivity index (χ3n) is 6.85. The van der Waals surface area contributed by atoms with Crippen molar-refractivity contribution in [3.05, 3.63) is 57.8 Å². The van der Waals surface area contributed by atoms with Gasteiger partial charge in [-0.2, -0.15) is 0 Å². The number of rotatable bonds is 6. The number of hydrogen-bond donors (Lipinski definition) is 2. The molecular formula is C26H33N3O3S. The van der Waals surface area contributed by atoms with Crippen LogP contribution in [0, 0.1) is 12.8 Å². The summed E-state index contributed by atoms with van der Waals surface area (Å²) in [5.41, 5.74) is 1.63. The first-order valence-corrected chi connectivity index (χ1v) is 12.9. The summed E-state index contributed by atoms with van der Waals surface area (Å²) in [6, 6.07) is 11.4. The minimum absolute atomic E-state index is 0.00524. The van der Waals surface area contributed by atoms with Crippen LogP contribution in [0.4, 0.5) is 0 Å². The van der Waals surface area contributed by atoms with Crippen LogP contribution in [-0.4, -0.2) is 47.8 Å². The summed E-state index contributed by atoms with van der Waals surface area (Å²) < 4.78 is 0. The van der Waals surface area contributed by atoms with Crippen LogP contribution < -0.4 is 10.6 Å². The van der Waals surface area contributed by atoms with Crippen LogP contribution in [0.25, 0.3) is 0 Å². The van der Waals surface area contributed by atoms with E-state index in [2.05, 4.69) is 10.6 Å². The summed E-state index contributed by atoms with van der Waals surface area (Å²) in [7, 11) is 0. The lowest BCUT2D eigenvalue weighted by molar-refractivity contribution is -0.135. The molecule has 1 aromatic carbocycles. The van der Waals surface area contributed by atoms with Gasteiger partial charge < -0.3 is 15.5 Å². The second-order valence-corrected chi connectivity index (χ2v) is 10.3. The van der Waals surface area contributed by atoms with Crippen molar-refractivity contribution in [2.24, 2.45) is 5.92 Å². The molecule has 2 unspecified atom stereocenters. The van der Waals surface area contributed by atoms with Crippen molar-refractivity contribution < 1.29 is 14.4 Å². The zero-order chi connectivity index (χ0) is 23.2. The molecule has 3 atom stereocenters. The van der Waals surface area contributed by atoms with Gasteiger partial charge >= 0.3 is 0 Å². The van der Waals surface area contributed by atoms with E-state index in [1.54, 1.807) is 11.3 Å². The predicted molar refractivity (Wildman–Crippen MR) is 130 cm³/mol. The highest BCUT2D eigenvalue weighted by molar-refractivity contribution is 7.10. The predicted octanol–water partition coefficient (Wildman–Crippen LogP) is 3.70. The van der Waals surface area contributed by atoms with Gasteiger partial charge in [-0.3, -0.25) is 14.4 Å². The number of piperidine rings is 1. The SMILES string of the molecule is Cc1ccccc1C(=O)N[C@@H]1CCCCC1NC(=O)C1CCCN(C(=O)Cc2cccs2)C1. The van der Waals surface area contributed by atoms with E-state index in [4.69, 9.17) is 0 Å². The van der Waals surface area contributed by atoms with Gasteiger partial charge in [0.1, 0.15) is 0 Å². The van der Waals surface area contributed by atoms with E-state index >= 15 is 0 Å². The number of benzene rings is 1. The molecular weight excluding hydrogens is 434 g/mol. The fourth-order valence-corrected chi connectivity index (χ4v) is 5.64. The Bertz CT molecular complexity index is 975. The molecule has 33 heavy (non-hydrogen) atoms. The van der Waals surface area contributed by atoms with E-state index in [0.29, 0.717) is 25.1 Å². The minimum atomic E-state index is -0.194. The van der Waals surface area contributed by atoms with Crippen LogP contribution in [0.15, 0.2) is 41.8 Å². The van der Waals surface area contributed by atoms with Crippen LogP contribution in [-0.2, 0) is 16.0 Å². The first-order chi connectivity index (χ1) is 16.0. The number of nitrogens with one attached hydrogen (secondary N) is 2. The molecule has 1 saturated carbocycles. The summed E-state index contributed by atoms with van der Waals surface area (Å²) in [5, 5.41) is 8.37. The molecule has 6 nitrogen and oxygen atoms in total. The number of hydrogen-bond acceptors (Lipinski definition) is 4. The van der Waals surface area contributed by atoms with E-state index in [9.17, 15) is 14.4 Å². The zero-order valence-corrected chi connectivity index (χ0v) is 20.0. The van der Waals surface area contributed by atoms with E-state index in [1.807, 2.05) is 53.6 Å². The Balaban J connectivity index is 1.34. The number of carbonyl (C=O) groups excluding carboxylic acids is 3. The van der Waals surface area contributed by atoms with Crippen molar-refractivity contribution >= 4 is 29.1 Å². The molecule has 176 valence electrons. The Hall–Kier alpha value is -2.67. The molecule has 2 heterocycles. The quantitative estimate of drug-likeness (QED) is 0.680. The topological polar surface area (TPSA) is 78.5 Å². The summed E-state index contributed by atoms with van der Waals surface area (Å²) in [4.78, 5) is 41.6. The third kappa shape index (κ3) is 6.02. The fraction of sp³-hybridized carbons (Fsp3) is 0.500. The van der Waals surface area contributed by atoms with Gasteiger partial charge in [0.25, 0.3) is 5.91 Å². The van der Waals surface area contributed by atoms with Crippen LogP contribution >= 0.6 is 11.3 Å². The maximum Gasteiger partial charge on any atom is 0.251 e. The average molecular weight is 468 g/mol. The lowest BCUT2D eigenvalue weighted by atomic mass is 9.88. The Morgan fingerprint density at radius 2 is 1.73 bits per heavy atom. The van der Waals surface area contributed by atoms with Gasteiger partial charge in [0, 0.05) is 35.6 Å². The molecule has 4 rings (SSSR count). The molecule has 7 heteroatoms. The molecule has 0 bridgehead atoms. The maximum atomic E-state index is 13.1. The third-order valence-corrected chi connectivity index (χ3v) is 7.73. The van der Waals surface area contributed by atoms with E-state index in [-0.39, 0.29) is 35.7 Å². The lowest BCUT2D eigenvalue weighted by Crippen LogP contribution is -2.55. The normalized spacial score (nSPS) is 23.1. The average Bonchev–Trinajstić information content (AvgIpc) is 3.33. The van der Waals surface area contributed by atoms with Gasteiger partial charge in [-0.25, -0.2) is 0 Å². The smallest absolute Gasteiger partial charge is 0.251 e. The van der Waals surface area contributed by atoms with Crippen molar-refractivity contribution in [3.63, 3.8) is 0 Å². The maximum absolute atomic E-state index is 13.1. The summed E-state index contributed by atoms with van der Waals surface area (Å²) in [6.07, 6.45) is 5.84. The number of nitrogens with zero attached hydrogens (tertiary/aromatic N) is 1. The Labute approximate surface area is 199 Å². The highest BCUT2D eigenvalue weighted by atomic mass is 32.1. The molecule has 0 spiro atoms. The van der Waals surface area contributed by atoms with Gasteiger partial charge in [-0.1, -0.05) is 37.1 Å². The van der Waals surface area contributed by atoms with Gasteiger partial charge in [-0.05, 0) is 55.7 Å². The second-order valence-electron chi connectivity index (χ2n) is 9.23. The molecule has 1 aliphatic carbocycles. The van der Waals surface area contributed by atoms with Crippen molar-refractivity contribution in [1.82, 2.24) is 15.5 Å². The molecule has 1 saturated heterocycles. The summed E-state index contributed by atoms with van der Waals surface area (Å²) in [5.74, 6) is -0.176. The Morgan fingerprint density at radius 1 is 0.970 bits per heavy atom. The number of likely N-dealkylation sites (tertiary alicyclic amines) is 1. The largest absolute Gasteiger partial charge is 0.351 e. The molecule has 2 aliphatic rings. The van der Waals surface area contributed by atoms with Crippen molar-refractivity contribution in [3.8, 4) is 0 Å². The Morgan fingerprint density at radius 3 is 2.45 bits per heavy atom. The first-order valence-electron chi connectivity index (χ1n) is 12.0. The molecule has 2 aromatic rings.